The molecule has 3 aromatic rings. The fraction of sp³-hybridized carbons (Fsp3) is 0.276. The van der Waals surface area contributed by atoms with Crippen molar-refractivity contribution in [2.24, 2.45) is 0 Å². The summed E-state index contributed by atoms with van der Waals surface area (Å²) in [6, 6.07) is 25.4. The number of hydrogen-bond acceptors (Lipinski definition) is 6. The van der Waals surface area contributed by atoms with Crippen LogP contribution in [0, 0.1) is 0 Å². The Labute approximate surface area is 235 Å². The van der Waals surface area contributed by atoms with Crippen molar-refractivity contribution in [2.75, 3.05) is 19.0 Å². The van der Waals surface area contributed by atoms with E-state index in [2.05, 4.69) is 10.6 Å². The molecule has 0 saturated carbocycles. The molecule has 0 heterocycles. The van der Waals surface area contributed by atoms with E-state index in [-0.39, 0.29) is 41.3 Å². The first-order chi connectivity index (χ1) is 18.7. The average Bonchev–Trinajstić information content (AvgIpc) is 2.92. The summed E-state index contributed by atoms with van der Waals surface area (Å²) in [6.45, 7) is 0.600. The second kappa shape index (κ2) is 15.1. The molecule has 0 spiro atoms. The Morgan fingerprint density at radius 3 is 2.10 bits per heavy atom. The summed E-state index contributed by atoms with van der Waals surface area (Å²) < 4.78 is 32.3. The number of thiocarbonyl (C=S) groups is 1. The van der Waals surface area contributed by atoms with Crippen molar-refractivity contribution < 1.29 is 22.7 Å². The highest BCUT2D eigenvalue weighted by atomic mass is 32.2. The van der Waals surface area contributed by atoms with Crippen LogP contribution in [0.4, 0.5) is 5.69 Å². The summed E-state index contributed by atoms with van der Waals surface area (Å²) in [5.41, 5.74) is 2.62. The van der Waals surface area contributed by atoms with Gasteiger partial charge in [0.1, 0.15) is 0 Å². The molecule has 0 saturated heterocycles. The lowest BCUT2D eigenvalue weighted by molar-refractivity contribution is -0.143. The van der Waals surface area contributed by atoms with Gasteiger partial charge in [-0.2, -0.15) is 4.31 Å². The SMILES string of the molecule is CN(Cc1ccccc1)S(=O)(=O)c1ccc(NC(=S)NC(=O)CCCC(=O)OCCCc2ccccc2)cc1. The Morgan fingerprint density at radius 2 is 1.46 bits per heavy atom. The molecular weight excluding hydrogens is 534 g/mol. The average molecular weight is 568 g/mol. The maximum absolute atomic E-state index is 12.9. The Balaban J connectivity index is 1.34. The number of benzene rings is 3. The Hall–Kier alpha value is -3.60. The molecule has 8 nitrogen and oxygen atoms in total. The van der Waals surface area contributed by atoms with E-state index in [0.29, 0.717) is 18.7 Å². The van der Waals surface area contributed by atoms with E-state index in [1.54, 1.807) is 12.1 Å². The highest BCUT2D eigenvalue weighted by molar-refractivity contribution is 7.89. The predicted molar refractivity (Wildman–Crippen MR) is 155 cm³/mol. The van der Waals surface area contributed by atoms with Crippen LogP contribution in [0.5, 0.6) is 0 Å². The minimum absolute atomic E-state index is 0.0836. The minimum Gasteiger partial charge on any atom is -0.466 e. The number of sulfonamides is 1. The van der Waals surface area contributed by atoms with Crippen LogP contribution in [-0.4, -0.2) is 43.4 Å². The zero-order valence-electron chi connectivity index (χ0n) is 21.8. The van der Waals surface area contributed by atoms with E-state index in [1.807, 2.05) is 60.7 Å². The van der Waals surface area contributed by atoms with Gasteiger partial charge in [-0.1, -0.05) is 60.7 Å². The molecule has 10 heteroatoms. The molecule has 0 aliphatic heterocycles. The topological polar surface area (TPSA) is 105 Å². The van der Waals surface area contributed by atoms with E-state index in [9.17, 15) is 18.0 Å². The van der Waals surface area contributed by atoms with Crippen LogP contribution in [0.1, 0.15) is 36.8 Å². The number of nitrogens with one attached hydrogen (secondary N) is 2. The number of anilines is 1. The normalized spacial score (nSPS) is 11.1. The molecule has 0 aliphatic carbocycles. The molecule has 0 unspecified atom stereocenters. The predicted octanol–water partition coefficient (Wildman–Crippen LogP) is 4.67. The third-order valence-corrected chi connectivity index (χ3v) is 7.84. The van der Waals surface area contributed by atoms with E-state index < -0.39 is 10.0 Å². The number of hydrogen-bond donors (Lipinski definition) is 2. The Morgan fingerprint density at radius 1 is 0.846 bits per heavy atom. The van der Waals surface area contributed by atoms with Gasteiger partial charge in [0, 0.05) is 32.1 Å². The fourth-order valence-electron chi connectivity index (χ4n) is 3.74. The fourth-order valence-corrected chi connectivity index (χ4v) is 5.13. The first kappa shape index (κ1) is 29.9. The van der Waals surface area contributed by atoms with Crippen molar-refractivity contribution in [3.8, 4) is 0 Å². The Bertz CT molecular complexity index is 1330. The number of amides is 1. The molecule has 2 N–H and O–H groups in total. The van der Waals surface area contributed by atoms with E-state index in [4.69, 9.17) is 17.0 Å². The van der Waals surface area contributed by atoms with Crippen LogP contribution < -0.4 is 10.6 Å². The van der Waals surface area contributed by atoms with Crippen LogP contribution in [0.15, 0.2) is 89.8 Å². The quantitative estimate of drug-likeness (QED) is 0.176. The van der Waals surface area contributed by atoms with Crippen LogP contribution >= 0.6 is 12.2 Å². The second-order valence-corrected chi connectivity index (χ2v) is 11.4. The second-order valence-electron chi connectivity index (χ2n) is 8.94. The maximum Gasteiger partial charge on any atom is 0.305 e. The summed E-state index contributed by atoms with van der Waals surface area (Å²) in [6.07, 6.45) is 2.19. The van der Waals surface area contributed by atoms with E-state index in [0.717, 1.165) is 18.4 Å². The van der Waals surface area contributed by atoms with Crippen molar-refractivity contribution in [3.05, 3.63) is 96.1 Å². The number of aryl methyl sites for hydroxylation is 1. The maximum atomic E-state index is 12.9. The lowest BCUT2D eigenvalue weighted by atomic mass is 10.1. The first-order valence-corrected chi connectivity index (χ1v) is 14.5. The summed E-state index contributed by atoms with van der Waals surface area (Å²) in [7, 11) is -2.14. The lowest BCUT2D eigenvalue weighted by Gasteiger charge is -2.17. The number of ether oxygens (including phenoxy) is 1. The number of nitrogens with zero attached hydrogens (tertiary/aromatic N) is 1. The molecule has 3 rings (SSSR count). The van der Waals surface area contributed by atoms with Crippen molar-refractivity contribution in [1.29, 1.82) is 0 Å². The number of rotatable bonds is 13. The molecule has 1 amide bonds. The smallest absolute Gasteiger partial charge is 0.305 e. The van der Waals surface area contributed by atoms with Crippen molar-refractivity contribution in [1.82, 2.24) is 9.62 Å². The molecule has 0 fully saturated rings. The summed E-state index contributed by atoms with van der Waals surface area (Å²) in [5, 5.41) is 5.52. The van der Waals surface area contributed by atoms with Crippen molar-refractivity contribution in [2.45, 2.75) is 43.5 Å². The largest absolute Gasteiger partial charge is 0.466 e. The van der Waals surface area contributed by atoms with Crippen LogP contribution in [0.3, 0.4) is 0 Å². The number of esters is 1. The summed E-state index contributed by atoms with van der Waals surface area (Å²) in [5.74, 6) is -0.660. The Kier molecular flexibility index (Phi) is 11.6. The monoisotopic (exact) mass is 567 g/mol. The third-order valence-electron chi connectivity index (χ3n) is 5.82. The van der Waals surface area contributed by atoms with Gasteiger partial charge >= 0.3 is 5.97 Å². The van der Waals surface area contributed by atoms with Crippen LogP contribution in [-0.2, 0) is 37.3 Å². The molecule has 0 atom stereocenters. The summed E-state index contributed by atoms with van der Waals surface area (Å²) in [4.78, 5) is 24.2. The van der Waals surface area contributed by atoms with Gasteiger partial charge in [-0.25, -0.2) is 8.42 Å². The zero-order chi connectivity index (χ0) is 28.1. The molecule has 3 aromatic carbocycles. The van der Waals surface area contributed by atoms with E-state index in [1.165, 1.54) is 29.0 Å². The van der Waals surface area contributed by atoms with Gasteiger partial charge < -0.3 is 15.4 Å². The summed E-state index contributed by atoms with van der Waals surface area (Å²) >= 11 is 5.18. The van der Waals surface area contributed by atoms with Gasteiger partial charge in [0.25, 0.3) is 0 Å². The molecule has 0 radical (unpaired) electrons. The number of carbonyl (C=O) groups is 2. The molecule has 0 bridgehead atoms. The molecule has 206 valence electrons. The number of carbonyl (C=O) groups excluding carboxylic acids is 2. The van der Waals surface area contributed by atoms with Gasteiger partial charge in [-0.05, 0) is 66.9 Å². The molecular formula is C29H33N3O5S2. The standard InChI is InChI=1S/C29H33N3O5S2/c1-32(22-24-12-6-3-7-13-24)39(35,36)26-19-17-25(18-20-26)30-29(38)31-27(33)15-8-16-28(34)37-21-9-14-23-10-4-2-5-11-23/h2-7,10-13,17-20H,8-9,14-16,21-22H2,1H3,(H2,30,31,33,38). The highest BCUT2D eigenvalue weighted by Crippen LogP contribution is 2.19. The molecule has 0 aromatic heterocycles. The van der Waals surface area contributed by atoms with Gasteiger partial charge in [0.2, 0.25) is 15.9 Å². The van der Waals surface area contributed by atoms with Gasteiger partial charge in [-0.15, -0.1) is 0 Å². The van der Waals surface area contributed by atoms with Gasteiger partial charge in [0.15, 0.2) is 5.11 Å². The minimum atomic E-state index is -3.67. The molecule has 39 heavy (non-hydrogen) atoms. The third kappa shape index (κ3) is 10.2. The van der Waals surface area contributed by atoms with Crippen LogP contribution in [0.2, 0.25) is 0 Å². The van der Waals surface area contributed by atoms with Crippen LogP contribution in [0.25, 0.3) is 0 Å². The van der Waals surface area contributed by atoms with Gasteiger partial charge in [-0.3, -0.25) is 9.59 Å². The zero-order valence-corrected chi connectivity index (χ0v) is 23.5. The van der Waals surface area contributed by atoms with Crippen molar-refractivity contribution >= 4 is 44.9 Å². The van der Waals surface area contributed by atoms with Gasteiger partial charge in [0.05, 0.1) is 11.5 Å². The highest BCUT2D eigenvalue weighted by Gasteiger charge is 2.21. The lowest BCUT2D eigenvalue weighted by Crippen LogP contribution is -2.34. The van der Waals surface area contributed by atoms with Crippen molar-refractivity contribution in [3.63, 3.8) is 0 Å². The van der Waals surface area contributed by atoms with E-state index >= 15 is 0 Å². The first-order valence-electron chi connectivity index (χ1n) is 12.6. The molecule has 0 aliphatic rings.